The molecule has 0 aliphatic carbocycles. The Labute approximate surface area is 150 Å². The summed E-state index contributed by atoms with van der Waals surface area (Å²) in [7, 11) is 0. The highest BCUT2D eigenvalue weighted by atomic mass is 16.5. The van der Waals surface area contributed by atoms with Crippen molar-refractivity contribution >= 4 is 17.0 Å². The monoisotopic (exact) mass is 353 g/mol. The molecule has 0 unspecified atom stereocenters. The molecule has 1 aliphatic heterocycles. The van der Waals surface area contributed by atoms with Gasteiger partial charge in [-0.2, -0.15) is 0 Å². The number of hydrogen-bond donors (Lipinski definition) is 0. The van der Waals surface area contributed by atoms with E-state index in [9.17, 15) is 4.79 Å². The van der Waals surface area contributed by atoms with Crippen LogP contribution in [-0.4, -0.2) is 50.6 Å². The third-order valence-electron chi connectivity index (χ3n) is 4.43. The average Bonchev–Trinajstić information content (AvgIpc) is 3.01. The molecule has 1 atom stereocenters. The van der Waals surface area contributed by atoms with Crippen LogP contribution in [0, 0.1) is 20.8 Å². The number of ether oxygens (including phenoxy) is 1. The molecule has 1 aliphatic rings. The van der Waals surface area contributed by atoms with Crippen LogP contribution in [0.5, 0.6) is 0 Å². The van der Waals surface area contributed by atoms with Crippen molar-refractivity contribution in [2.24, 2.45) is 0 Å². The van der Waals surface area contributed by atoms with E-state index in [1.165, 1.54) is 0 Å². The highest BCUT2D eigenvalue weighted by Gasteiger charge is 2.30. The summed E-state index contributed by atoms with van der Waals surface area (Å²) >= 11 is 0. The number of nitrogens with zero attached hydrogens (tertiary/aromatic N) is 5. The molecule has 8 heteroatoms. The zero-order valence-corrected chi connectivity index (χ0v) is 14.9. The molecule has 8 nitrogen and oxygen atoms in total. The number of carbonyl (C=O) groups excluding carboxylic acids is 1. The van der Waals surface area contributed by atoms with E-state index < -0.39 is 0 Å². The Kier molecular flexibility index (Phi) is 4.12. The van der Waals surface area contributed by atoms with E-state index in [1.54, 1.807) is 17.2 Å². The molecule has 0 radical (unpaired) electrons. The van der Waals surface area contributed by atoms with E-state index in [1.807, 2.05) is 26.8 Å². The molecule has 0 aromatic carbocycles. The van der Waals surface area contributed by atoms with Gasteiger partial charge in [-0.3, -0.25) is 4.79 Å². The van der Waals surface area contributed by atoms with E-state index in [4.69, 9.17) is 9.26 Å². The summed E-state index contributed by atoms with van der Waals surface area (Å²) in [4.78, 5) is 28.0. The van der Waals surface area contributed by atoms with Crippen molar-refractivity contribution in [2.75, 3.05) is 19.7 Å². The fourth-order valence-electron chi connectivity index (χ4n) is 3.17. The van der Waals surface area contributed by atoms with Crippen LogP contribution in [0.2, 0.25) is 0 Å². The van der Waals surface area contributed by atoms with Gasteiger partial charge < -0.3 is 14.2 Å². The number of amides is 1. The second-order valence-corrected chi connectivity index (χ2v) is 6.43. The maximum absolute atomic E-state index is 13.2. The first-order valence-corrected chi connectivity index (χ1v) is 8.47. The lowest BCUT2D eigenvalue weighted by atomic mass is 10.1. The number of fused-ring (bicyclic) bond motifs is 1. The fourth-order valence-corrected chi connectivity index (χ4v) is 3.17. The number of pyridine rings is 1. The normalized spacial score (nSPS) is 17.7. The van der Waals surface area contributed by atoms with Crippen molar-refractivity contribution < 1.29 is 14.1 Å². The lowest BCUT2D eigenvalue weighted by Gasteiger charge is -2.32. The topological polar surface area (TPSA) is 94.2 Å². The molecule has 0 saturated carbocycles. The van der Waals surface area contributed by atoms with Gasteiger partial charge in [-0.15, -0.1) is 0 Å². The lowest BCUT2D eigenvalue weighted by Crippen LogP contribution is -2.42. The number of hydrogen-bond acceptors (Lipinski definition) is 7. The Morgan fingerprint density at radius 1 is 1.23 bits per heavy atom. The number of rotatable bonds is 2. The Morgan fingerprint density at radius 3 is 2.88 bits per heavy atom. The number of carbonyl (C=O) groups is 1. The van der Waals surface area contributed by atoms with Gasteiger partial charge in [0.1, 0.15) is 6.10 Å². The molecule has 4 rings (SSSR count). The average molecular weight is 353 g/mol. The molecule has 1 fully saturated rings. The highest BCUT2D eigenvalue weighted by Crippen LogP contribution is 2.26. The number of morpholine rings is 1. The van der Waals surface area contributed by atoms with E-state index in [2.05, 4.69) is 20.1 Å². The zero-order valence-electron chi connectivity index (χ0n) is 14.9. The van der Waals surface area contributed by atoms with Gasteiger partial charge in [0.25, 0.3) is 11.6 Å². The van der Waals surface area contributed by atoms with Gasteiger partial charge in [0.05, 0.1) is 29.8 Å². The van der Waals surface area contributed by atoms with Gasteiger partial charge in [0, 0.05) is 24.1 Å². The summed E-state index contributed by atoms with van der Waals surface area (Å²) in [6.45, 7) is 6.88. The standard InChI is InChI=1S/C18H19N5O3/c1-10-4-5-19-16(20-10)14-9-23(6-7-25-14)18(24)13-8-11(2)21-17-15(13)12(3)22-26-17/h4-5,8,14H,6-7,9H2,1-3H3/t14-/m1/s1. The summed E-state index contributed by atoms with van der Waals surface area (Å²) in [6, 6.07) is 3.61. The molecule has 26 heavy (non-hydrogen) atoms. The van der Waals surface area contributed by atoms with E-state index in [0.717, 1.165) is 5.69 Å². The Balaban J connectivity index is 1.65. The van der Waals surface area contributed by atoms with Crippen molar-refractivity contribution in [3.05, 3.63) is 46.8 Å². The van der Waals surface area contributed by atoms with Gasteiger partial charge in [-0.1, -0.05) is 5.16 Å². The molecular formula is C18H19N5O3. The summed E-state index contributed by atoms with van der Waals surface area (Å²) < 4.78 is 11.0. The number of aryl methyl sites for hydroxylation is 3. The van der Waals surface area contributed by atoms with Crippen molar-refractivity contribution in [2.45, 2.75) is 26.9 Å². The molecule has 3 aromatic heterocycles. The van der Waals surface area contributed by atoms with Gasteiger partial charge in [0.2, 0.25) is 0 Å². The highest BCUT2D eigenvalue weighted by molar-refractivity contribution is 6.06. The van der Waals surface area contributed by atoms with Crippen molar-refractivity contribution in [3.63, 3.8) is 0 Å². The Bertz CT molecular complexity index is 984. The largest absolute Gasteiger partial charge is 0.367 e. The summed E-state index contributed by atoms with van der Waals surface area (Å²) in [6.07, 6.45) is 1.37. The van der Waals surface area contributed by atoms with Crippen LogP contribution in [0.25, 0.3) is 11.1 Å². The third-order valence-corrected chi connectivity index (χ3v) is 4.43. The first-order chi connectivity index (χ1) is 12.5. The minimum atomic E-state index is -0.338. The molecular weight excluding hydrogens is 334 g/mol. The maximum atomic E-state index is 13.2. The van der Waals surface area contributed by atoms with Crippen LogP contribution in [0.15, 0.2) is 22.9 Å². The minimum Gasteiger partial charge on any atom is -0.367 e. The SMILES string of the molecule is Cc1ccnc([C@H]2CN(C(=O)c3cc(C)nc4onc(C)c34)CCO2)n1. The summed E-state index contributed by atoms with van der Waals surface area (Å²) in [5, 5.41) is 4.61. The first-order valence-electron chi connectivity index (χ1n) is 8.47. The zero-order chi connectivity index (χ0) is 18.3. The first kappa shape index (κ1) is 16.6. The molecule has 0 N–H and O–H groups in total. The fraction of sp³-hybridized carbons (Fsp3) is 0.389. The van der Waals surface area contributed by atoms with E-state index in [0.29, 0.717) is 53.6 Å². The molecule has 134 valence electrons. The predicted octanol–water partition coefficient (Wildman–Crippen LogP) is 2.15. The molecule has 3 aromatic rings. The van der Waals surface area contributed by atoms with E-state index in [-0.39, 0.29) is 12.0 Å². The molecule has 0 bridgehead atoms. The van der Waals surface area contributed by atoms with Gasteiger partial charge in [-0.25, -0.2) is 15.0 Å². The van der Waals surface area contributed by atoms with Crippen LogP contribution >= 0.6 is 0 Å². The van der Waals surface area contributed by atoms with Crippen LogP contribution in [0.3, 0.4) is 0 Å². The molecule has 1 saturated heterocycles. The maximum Gasteiger partial charge on any atom is 0.258 e. The Morgan fingerprint density at radius 2 is 2.08 bits per heavy atom. The smallest absolute Gasteiger partial charge is 0.258 e. The van der Waals surface area contributed by atoms with Gasteiger partial charge in [0.15, 0.2) is 5.82 Å². The molecule has 1 amide bonds. The predicted molar refractivity (Wildman–Crippen MR) is 92.6 cm³/mol. The van der Waals surface area contributed by atoms with Crippen molar-refractivity contribution in [3.8, 4) is 0 Å². The van der Waals surface area contributed by atoms with Gasteiger partial charge >= 0.3 is 0 Å². The van der Waals surface area contributed by atoms with Crippen LogP contribution < -0.4 is 0 Å². The van der Waals surface area contributed by atoms with E-state index >= 15 is 0 Å². The van der Waals surface area contributed by atoms with Crippen molar-refractivity contribution in [1.29, 1.82) is 0 Å². The minimum absolute atomic E-state index is 0.0900. The molecule has 0 spiro atoms. The number of aromatic nitrogens is 4. The van der Waals surface area contributed by atoms with Crippen LogP contribution in [0.1, 0.15) is 39.4 Å². The second kappa shape index (κ2) is 6.45. The van der Waals surface area contributed by atoms with Crippen LogP contribution in [-0.2, 0) is 4.74 Å². The van der Waals surface area contributed by atoms with Crippen LogP contribution in [0.4, 0.5) is 0 Å². The van der Waals surface area contributed by atoms with Crippen molar-refractivity contribution in [1.82, 2.24) is 25.0 Å². The summed E-state index contributed by atoms with van der Waals surface area (Å²) in [5.41, 5.74) is 3.18. The lowest BCUT2D eigenvalue weighted by molar-refractivity contribution is -0.0268. The second-order valence-electron chi connectivity index (χ2n) is 6.43. The molecule has 4 heterocycles. The van der Waals surface area contributed by atoms with Gasteiger partial charge in [-0.05, 0) is 32.9 Å². The Hall–Kier alpha value is -2.87. The quantitative estimate of drug-likeness (QED) is 0.696. The third kappa shape index (κ3) is 2.92. The summed E-state index contributed by atoms with van der Waals surface area (Å²) in [5.74, 6) is 0.507.